The van der Waals surface area contributed by atoms with Crippen LogP contribution < -0.4 is 15.5 Å². The molecule has 1 amide bonds. The first-order valence-corrected chi connectivity index (χ1v) is 11.4. The lowest BCUT2D eigenvalue weighted by Crippen LogP contribution is -2.38. The molecule has 0 aliphatic carbocycles. The summed E-state index contributed by atoms with van der Waals surface area (Å²) in [6.45, 7) is 1.60. The van der Waals surface area contributed by atoms with Crippen molar-refractivity contribution >= 4 is 44.6 Å². The van der Waals surface area contributed by atoms with E-state index in [1.54, 1.807) is 37.0 Å². The maximum atomic E-state index is 13.9. The molecule has 1 saturated heterocycles. The zero-order valence-corrected chi connectivity index (χ0v) is 20.4. The van der Waals surface area contributed by atoms with Gasteiger partial charge in [0.1, 0.15) is 5.56 Å². The number of aryl methyl sites for hydroxylation is 1. The van der Waals surface area contributed by atoms with Crippen LogP contribution in [0.25, 0.3) is 22.2 Å². The van der Waals surface area contributed by atoms with Crippen molar-refractivity contribution in [3.8, 4) is 11.3 Å². The molecule has 1 aliphatic rings. The molecule has 1 aromatic carbocycles. The number of carbonyl (C=O) groups excluding carboxylic acids is 1. The van der Waals surface area contributed by atoms with Gasteiger partial charge in [0.25, 0.3) is 0 Å². The summed E-state index contributed by atoms with van der Waals surface area (Å²) < 4.78 is 48.8. The van der Waals surface area contributed by atoms with Crippen molar-refractivity contribution in [2.24, 2.45) is 7.05 Å². The summed E-state index contributed by atoms with van der Waals surface area (Å²) in [6.07, 6.45) is -0.938. The molecule has 4 rings (SSSR count). The first-order chi connectivity index (χ1) is 16.1. The van der Waals surface area contributed by atoms with Gasteiger partial charge in [-0.2, -0.15) is 13.2 Å². The monoisotopic (exact) mass is 540 g/mol. The van der Waals surface area contributed by atoms with Crippen LogP contribution in [-0.4, -0.2) is 53.9 Å². The summed E-state index contributed by atoms with van der Waals surface area (Å²) in [7, 11) is 4.54. The minimum atomic E-state index is -4.63. The predicted molar refractivity (Wildman–Crippen MR) is 127 cm³/mol. The number of aromatic nitrogens is 3. The van der Waals surface area contributed by atoms with E-state index in [1.165, 1.54) is 12.0 Å². The molecule has 2 aromatic heterocycles. The molecule has 3 heterocycles. The van der Waals surface area contributed by atoms with E-state index in [0.717, 1.165) is 25.6 Å². The first-order valence-electron chi connectivity index (χ1n) is 10.6. The Hall–Kier alpha value is -2.86. The standard InChI is InChI=1S/C22H24BrF3N6O2/c1-31-11-14(13-6-7-16(17(23)19(13)31)32(2)21(33)34-3)18-15(22(24,25)26)10-28-20(30-18)29-12-5-4-8-27-9-12/h6-7,10-12,27H,4-5,8-9H2,1-3H3,(H,28,29,30)/t12-/m0/s1. The fourth-order valence-electron chi connectivity index (χ4n) is 4.15. The Morgan fingerprint density at radius 3 is 2.79 bits per heavy atom. The number of methoxy groups -OCH3 is 1. The maximum Gasteiger partial charge on any atom is 0.419 e. The summed E-state index contributed by atoms with van der Waals surface area (Å²) in [6, 6.07) is 3.36. The van der Waals surface area contributed by atoms with Gasteiger partial charge in [-0.3, -0.25) is 4.90 Å². The molecule has 0 bridgehead atoms. The van der Waals surface area contributed by atoms with E-state index >= 15 is 0 Å². The van der Waals surface area contributed by atoms with E-state index in [2.05, 4.69) is 36.5 Å². The van der Waals surface area contributed by atoms with Crippen LogP contribution in [0.2, 0.25) is 0 Å². The lowest BCUT2D eigenvalue weighted by molar-refractivity contribution is -0.137. The van der Waals surface area contributed by atoms with E-state index in [1.807, 2.05) is 0 Å². The average molecular weight is 541 g/mol. The smallest absolute Gasteiger partial charge is 0.419 e. The minimum Gasteiger partial charge on any atom is -0.452 e. The minimum absolute atomic E-state index is 0.0383. The Kier molecular flexibility index (Phi) is 6.72. The molecule has 2 N–H and O–H groups in total. The Balaban J connectivity index is 1.84. The third-order valence-electron chi connectivity index (χ3n) is 5.85. The van der Waals surface area contributed by atoms with Crippen LogP contribution in [0.3, 0.4) is 0 Å². The van der Waals surface area contributed by atoms with Gasteiger partial charge in [-0.1, -0.05) is 0 Å². The fraction of sp³-hybridized carbons (Fsp3) is 0.409. The maximum absolute atomic E-state index is 13.9. The van der Waals surface area contributed by atoms with Crippen molar-refractivity contribution in [3.05, 3.63) is 34.6 Å². The summed E-state index contributed by atoms with van der Waals surface area (Å²) in [5, 5.41) is 6.95. The number of alkyl halides is 3. The van der Waals surface area contributed by atoms with Gasteiger partial charge >= 0.3 is 12.3 Å². The Bertz CT molecular complexity index is 1220. The van der Waals surface area contributed by atoms with Crippen LogP contribution in [0.5, 0.6) is 0 Å². The molecule has 0 unspecified atom stereocenters. The van der Waals surface area contributed by atoms with Crippen LogP contribution in [0.15, 0.2) is 29.0 Å². The highest BCUT2D eigenvalue weighted by Gasteiger charge is 2.36. The van der Waals surface area contributed by atoms with Crippen LogP contribution in [0.4, 0.5) is 29.6 Å². The molecule has 0 radical (unpaired) electrons. The highest BCUT2D eigenvalue weighted by molar-refractivity contribution is 9.10. The van der Waals surface area contributed by atoms with Crippen molar-refractivity contribution < 1.29 is 22.7 Å². The van der Waals surface area contributed by atoms with Crippen molar-refractivity contribution in [3.63, 3.8) is 0 Å². The lowest BCUT2D eigenvalue weighted by Gasteiger charge is -2.24. The largest absolute Gasteiger partial charge is 0.452 e. The number of halogens is 4. The van der Waals surface area contributed by atoms with E-state index < -0.39 is 17.8 Å². The van der Waals surface area contributed by atoms with E-state index in [9.17, 15) is 18.0 Å². The van der Waals surface area contributed by atoms with Crippen molar-refractivity contribution in [2.45, 2.75) is 25.1 Å². The zero-order chi connectivity index (χ0) is 24.6. The Labute approximate surface area is 202 Å². The number of benzene rings is 1. The fourth-order valence-corrected chi connectivity index (χ4v) is 5.04. The molecular weight excluding hydrogens is 517 g/mol. The number of fused-ring (bicyclic) bond motifs is 1. The number of hydrogen-bond donors (Lipinski definition) is 2. The number of piperidine rings is 1. The summed E-state index contributed by atoms with van der Waals surface area (Å²) in [5.74, 6) is 0.148. The Morgan fingerprint density at radius 1 is 1.38 bits per heavy atom. The molecule has 182 valence electrons. The molecular formula is C22H24BrF3N6O2. The van der Waals surface area contributed by atoms with Crippen LogP contribution in [0, 0.1) is 0 Å². The van der Waals surface area contributed by atoms with Crippen LogP contribution in [-0.2, 0) is 18.0 Å². The average Bonchev–Trinajstić information content (AvgIpc) is 3.15. The first kappa shape index (κ1) is 24.3. The van der Waals surface area contributed by atoms with Gasteiger partial charge in [-0.25, -0.2) is 14.8 Å². The SMILES string of the molecule is COC(=O)N(C)c1ccc2c(-c3nc(N[C@H]4CCCNC4)ncc3C(F)(F)F)cn(C)c2c1Br. The van der Waals surface area contributed by atoms with Crippen molar-refractivity contribution in [1.82, 2.24) is 19.9 Å². The molecule has 3 aromatic rings. The Morgan fingerprint density at radius 2 is 2.15 bits per heavy atom. The molecule has 34 heavy (non-hydrogen) atoms. The number of anilines is 2. The molecule has 12 heteroatoms. The molecule has 0 saturated carbocycles. The van der Waals surface area contributed by atoms with Crippen LogP contribution >= 0.6 is 15.9 Å². The van der Waals surface area contributed by atoms with Gasteiger partial charge in [-0.15, -0.1) is 0 Å². The van der Waals surface area contributed by atoms with Gasteiger partial charge in [0.2, 0.25) is 5.95 Å². The van der Waals surface area contributed by atoms with Crippen molar-refractivity contribution in [1.29, 1.82) is 0 Å². The van der Waals surface area contributed by atoms with Gasteiger partial charge in [-0.05, 0) is 47.4 Å². The molecule has 8 nitrogen and oxygen atoms in total. The van der Waals surface area contributed by atoms with Crippen molar-refractivity contribution in [2.75, 3.05) is 37.5 Å². The second-order valence-corrected chi connectivity index (χ2v) is 8.91. The number of hydrogen-bond acceptors (Lipinski definition) is 6. The zero-order valence-electron chi connectivity index (χ0n) is 18.8. The number of carbonyl (C=O) groups is 1. The highest BCUT2D eigenvalue weighted by atomic mass is 79.9. The predicted octanol–water partition coefficient (Wildman–Crippen LogP) is 4.78. The van der Waals surface area contributed by atoms with E-state index in [-0.39, 0.29) is 17.7 Å². The number of amides is 1. The number of nitrogens with one attached hydrogen (secondary N) is 2. The third kappa shape index (κ3) is 4.56. The molecule has 0 spiro atoms. The lowest BCUT2D eigenvalue weighted by atomic mass is 10.1. The summed E-state index contributed by atoms with van der Waals surface area (Å²) in [5.41, 5.74) is 0.309. The topological polar surface area (TPSA) is 84.3 Å². The van der Waals surface area contributed by atoms with E-state index in [4.69, 9.17) is 4.74 Å². The number of rotatable bonds is 4. The van der Waals surface area contributed by atoms with Crippen LogP contribution in [0.1, 0.15) is 18.4 Å². The highest BCUT2D eigenvalue weighted by Crippen LogP contribution is 2.42. The van der Waals surface area contributed by atoms with Gasteiger partial charge in [0.05, 0.1) is 28.5 Å². The van der Waals surface area contributed by atoms with Gasteiger partial charge in [0.15, 0.2) is 0 Å². The second kappa shape index (κ2) is 9.41. The van der Waals surface area contributed by atoms with Gasteiger partial charge in [0, 0.05) is 50.0 Å². The molecule has 1 aliphatic heterocycles. The summed E-state index contributed by atoms with van der Waals surface area (Å²) >= 11 is 3.51. The molecule has 1 atom stereocenters. The molecule has 1 fully saturated rings. The van der Waals surface area contributed by atoms with Gasteiger partial charge < -0.3 is 19.9 Å². The second-order valence-electron chi connectivity index (χ2n) is 8.12. The quantitative estimate of drug-likeness (QED) is 0.495. The summed E-state index contributed by atoms with van der Waals surface area (Å²) in [4.78, 5) is 21.6. The normalized spacial score (nSPS) is 16.5. The third-order valence-corrected chi connectivity index (χ3v) is 6.63. The number of ether oxygens (including phenoxy) is 1. The number of nitrogens with zero attached hydrogens (tertiary/aromatic N) is 4. The van der Waals surface area contributed by atoms with E-state index in [0.29, 0.717) is 33.2 Å².